The van der Waals surface area contributed by atoms with Gasteiger partial charge in [0.05, 0.1) is 0 Å². The van der Waals surface area contributed by atoms with Crippen molar-refractivity contribution in [3.63, 3.8) is 0 Å². The first-order valence-electron chi connectivity index (χ1n) is 0.632. The Morgan fingerprint density at radius 2 is 1.67 bits per heavy atom. The third-order valence-electron chi connectivity index (χ3n) is 0. The van der Waals surface area contributed by atoms with Crippen molar-refractivity contribution < 1.29 is 27.4 Å². The Kier molecular flexibility index (Phi) is 24.4. The number of halogens is 1. The Morgan fingerprint density at radius 1 is 1.67 bits per heavy atom. The number of carbonyl (C=O) groups is 1. The minimum atomic E-state index is -2.08. The average molecular weight is 121 g/mol. The molecule has 0 rings (SSSR count). The van der Waals surface area contributed by atoms with Crippen LogP contribution in [0.15, 0.2) is 0 Å². The van der Waals surface area contributed by atoms with Crippen molar-refractivity contribution in [3.05, 3.63) is 0 Å². The molecule has 0 aromatic heterocycles. The molecule has 0 aromatic rings. The van der Waals surface area contributed by atoms with E-state index in [1.165, 1.54) is 0 Å². The third kappa shape index (κ3) is 450. The van der Waals surface area contributed by atoms with Crippen LogP contribution in [0.25, 0.3) is 0 Å². The van der Waals surface area contributed by atoms with Gasteiger partial charge in [-0.05, 0) is 0 Å². The Bertz CT molecular complexity index is 33.8. The van der Waals surface area contributed by atoms with Gasteiger partial charge in [0.15, 0.2) is 0 Å². The summed E-state index contributed by atoms with van der Waals surface area (Å²) < 4.78 is 0. The molecule has 5 heteroatoms. The predicted octanol–water partition coefficient (Wildman–Crippen LogP) is -4.49. The van der Waals surface area contributed by atoms with Crippen LogP contribution < -0.4 is 17.5 Å². The first-order chi connectivity index (χ1) is 1.73. The third-order valence-corrected chi connectivity index (χ3v) is 0. The van der Waals surface area contributed by atoms with Crippen LogP contribution in [0.4, 0.5) is 4.79 Å². The van der Waals surface area contributed by atoms with Gasteiger partial charge in [-0.2, -0.15) is 0 Å². The second kappa shape index (κ2) is 9.01. The fourth-order valence-corrected chi connectivity index (χ4v) is 0. The molecule has 0 radical (unpaired) electrons. The second-order valence-corrected chi connectivity index (χ2v) is 0.266. The fourth-order valence-electron chi connectivity index (χ4n) is 0. The van der Waals surface area contributed by atoms with Crippen LogP contribution >= 0.6 is 0 Å². The molecule has 0 fully saturated rings. The molecule has 32 valence electrons. The van der Waals surface area contributed by atoms with Gasteiger partial charge in [-0.3, -0.25) is 0 Å². The molecule has 0 aliphatic carbocycles. The molecule has 0 aliphatic rings. The standard InChI is InChI=1S/CH2O3.ClH.Mg/c2-1(3)4;;/h(H2,2,3,4);1H;/q;;+2/p-2. The van der Waals surface area contributed by atoms with E-state index < -0.39 is 6.16 Å². The van der Waals surface area contributed by atoms with Gasteiger partial charge in [-0.15, -0.1) is 0 Å². The van der Waals surface area contributed by atoms with Gasteiger partial charge in [0.25, 0.3) is 0 Å². The average Bonchev–Trinajstić information content (AvgIpc) is 0.811. The predicted molar refractivity (Wildman–Crippen MR) is 13.8 cm³/mol. The van der Waals surface area contributed by atoms with Crippen LogP contribution in [0.2, 0.25) is 0 Å². The molecule has 6 heavy (non-hydrogen) atoms. The van der Waals surface area contributed by atoms with E-state index >= 15 is 0 Å². The number of hydrogen-bond donors (Lipinski definition) is 1. The van der Waals surface area contributed by atoms with E-state index in [0.717, 1.165) is 0 Å². The van der Waals surface area contributed by atoms with Gasteiger partial charge in [-0.25, -0.2) is 0 Å². The summed E-state index contributed by atoms with van der Waals surface area (Å²) in [5.74, 6) is 0. The Labute approximate surface area is 56.9 Å². The van der Waals surface area contributed by atoms with Gasteiger partial charge >= 0.3 is 23.1 Å². The smallest absolute Gasteiger partial charge is 1.00 e. The van der Waals surface area contributed by atoms with Crippen LogP contribution in [0.3, 0.4) is 0 Å². The summed E-state index contributed by atoms with van der Waals surface area (Å²) in [7, 11) is 0. The first-order valence-corrected chi connectivity index (χ1v) is 0.632. The zero-order chi connectivity index (χ0) is 3.58. The molecule has 0 heterocycles. The van der Waals surface area contributed by atoms with E-state index in [-0.39, 0.29) is 35.5 Å². The minimum Gasteiger partial charge on any atom is -1.00 e. The van der Waals surface area contributed by atoms with Crippen molar-refractivity contribution in [2.75, 3.05) is 0 Å². The molecular weight excluding hydrogens is 120 g/mol. The van der Waals surface area contributed by atoms with E-state index in [4.69, 9.17) is 15.0 Å². The molecule has 0 atom stereocenters. The van der Waals surface area contributed by atoms with E-state index in [2.05, 4.69) is 0 Å². The molecular formula is CHClMgO3. The molecule has 0 amide bonds. The van der Waals surface area contributed by atoms with Crippen LogP contribution in [0.5, 0.6) is 0 Å². The Morgan fingerprint density at radius 3 is 1.67 bits per heavy atom. The van der Waals surface area contributed by atoms with E-state index in [0.29, 0.717) is 0 Å². The SMILES string of the molecule is O=C([O-])O.[Cl-].[Mg+2]. The molecule has 3 nitrogen and oxygen atoms in total. The molecule has 0 aromatic carbocycles. The maximum absolute atomic E-state index is 8.44. The number of hydrogen-bond acceptors (Lipinski definition) is 2. The normalized spacial score (nSPS) is 4.00. The molecule has 0 bridgehead atoms. The zero-order valence-electron chi connectivity index (χ0n) is 2.85. The number of rotatable bonds is 0. The zero-order valence-corrected chi connectivity index (χ0v) is 5.02. The Hall–Kier alpha value is 0.326. The van der Waals surface area contributed by atoms with Gasteiger partial charge in [0, 0.05) is 0 Å². The molecule has 0 saturated heterocycles. The summed E-state index contributed by atoms with van der Waals surface area (Å²) in [6.07, 6.45) is -2.08. The molecule has 0 saturated carbocycles. The monoisotopic (exact) mass is 120 g/mol. The van der Waals surface area contributed by atoms with Gasteiger partial charge in [0.1, 0.15) is 0 Å². The summed E-state index contributed by atoms with van der Waals surface area (Å²) in [5.41, 5.74) is 0. The van der Waals surface area contributed by atoms with Crippen molar-refractivity contribution >= 4 is 29.2 Å². The van der Waals surface area contributed by atoms with E-state index in [1.807, 2.05) is 0 Å². The summed E-state index contributed by atoms with van der Waals surface area (Å²) in [6, 6.07) is 0. The summed E-state index contributed by atoms with van der Waals surface area (Å²) in [5, 5.41) is 15.3. The van der Waals surface area contributed by atoms with Gasteiger partial charge in [0.2, 0.25) is 6.16 Å². The van der Waals surface area contributed by atoms with Crippen LogP contribution in [-0.4, -0.2) is 34.3 Å². The van der Waals surface area contributed by atoms with Gasteiger partial charge < -0.3 is 27.4 Å². The van der Waals surface area contributed by atoms with Gasteiger partial charge in [-0.1, -0.05) is 0 Å². The fraction of sp³-hybridized carbons (Fsp3) is 0. The molecule has 0 spiro atoms. The van der Waals surface area contributed by atoms with Crippen molar-refractivity contribution in [1.82, 2.24) is 0 Å². The second-order valence-electron chi connectivity index (χ2n) is 0.266. The maximum Gasteiger partial charge on any atom is 2.00 e. The van der Waals surface area contributed by atoms with E-state index in [1.54, 1.807) is 0 Å². The van der Waals surface area contributed by atoms with Crippen LogP contribution in [-0.2, 0) is 0 Å². The first kappa shape index (κ1) is 16.2. The minimum absolute atomic E-state index is 0. The summed E-state index contributed by atoms with van der Waals surface area (Å²) in [4.78, 5) is 8.44. The van der Waals surface area contributed by atoms with Crippen molar-refractivity contribution in [1.29, 1.82) is 0 Å². The number of carboxylic acid groups (broad SMARTS) is 2. The maximum atomic E-state index is 8.44. The summed E-state index contributed by atoms with van der Waals surface area (Å²) >= 11 is 0. The Balaban J connectivity index is -0.0000000450. The van der Waals surface area contributed by atoms with Crippen molar-refractivity contribution in [3.8, 4) is 0 Å². The summed E-state index contributed by atoms with van der Waals surface area (Å²) in [6.45, 7) is 0. The van der Waals surface area contributed by atoms with Crippen molar-refractivity contribution in [2.45, 2.75) is 0 Å². The quantitative estimate of drug-likeness (QED) is 0.328. The molecule has 1 N–H and O–H groups in total. The van der Waals surface area contributed by atoms with Crippen LogP contribution in [0.1, 0.15) is 0 Å². The van der Waals surface area contributed by atoms with Crippen LogP contribution in [0, 0.1) is 0 Å². The van der Waals surface area contributed by atoms with Crippen molar-refractivity contribution in [2.24, 2.45) is 0 Å². The topological polar surface area (TPSA) is 60.4 Å². The largest absolute Gasteiger partial charge is 2.00 e. The molecule has 0 aliphatic heterocycles. The van der Waals surface area contributed by atoms with E-state index in [9.17, 15) is 0 Å². The molecule has 0 unspecified atom stereocenters.